The van der Waals surface area contributed by atoms with Crippen LogP contribution in [-0.2, 0) is 9.53 Å². The Morgan fingerprint density at radius 3 is 2.36 bits per heavy atom. The van der Waals surface area contributed by atoms with E-state index in [1.54, 1.807) is 7.11 Å². The number of Topliss-reactive ketones (excluding diaryl/α,β-unsaturated/α-hetero) is 1. The fourth-order valence-corrected chi connectivity index (χ4v) is 1.41. The number of ketones is 1. The van der Waals surface area contributed by atoms with Gasteiger partial charge < -0.3 is 4.74 Å². The van der Waals surface area contributed by atoms with E-state index in [1.807, 2.05) is 13.8 Å². The van der Waals surface area contributed by atoms with E-state index in [-0.39, 0.29) is 5.78 Å². The minimum absolute atomic E-state index is 0.239. The molecule has 0 aromatic rings. The zero-order valence-electron chi connectivity index (χ0n) is 10.2. The van der Waals surface area contributed by atoms with Crippen molar-refractivity contribution in [2.75, 3.05) is 7.11 Å². The highest BCUT2D eigenvalue weighted by atomic mass is 16.5. The van der Waals surface area contributed by atoms with E-state index in [0.29, 0.717) is 12.3 Å². The van der Waals surface area contributed by atoms with Crippen molar-refractivity contribution >= 4 is 5.78 Å². The van der Waals surface area contributed by atoms with Gasteiger partial charge in [0.1, 0.15) is 5.60 Å². The summed E-state index contributed by atoms with van der Waals surface area (Å²) in [7, 11) is 1.63. The van der Waals surface area contributed by atoms with Crippen LogP contribution in [-0.4, -0.2) is 18.5 Å². The smallest absolute Gasteiger partial charge is 0.164 e. The molecule has 0 aromatic carbocycles. The quantitative estimate of drug-likeness (QED) is 0.631. The van der Waals surface area contributed by atoms with Gasteiger partial charge in [-0.2, -0.15) is 0 Å². The van der Waals surface area contributed by atoms with Crippen LogP contribution >= 0.6 is 0 Å². The van der Waals surface area contributed by atoms with E-state index in [4.69, 9.17) is 4.74 Å². The molecule has 0 rings (SSSR count). The Morgan fingerprint density at radius 1 is 1.43 bits per heavy atom. The molecule has 0 amide bonds. The molecule has 14 heavy (non-hydrogen) atoms. The highest BCUT2D eigenvalue weighted by Crippen LogP contribution is 2.22. The Balaban J connectivity index is 4.23. The van der Waals surface area contributed by atoms with Gasteiger partial charge in [0.15, 0.2) is 5.78 Å². The second-order valence-electron chi connectivity index (χ2n) is 4.54. The van der Waals surface area contributed by atoms with Gasteiger partial charge >= 0.3 is 0 Å². The van der Waals surface area contributed by atoms with Gasteiger partial charge in [0.05, 0.1) is 0 Å². The number of ether oxygens (including phenoxy) is 1. The van der Waals surface area contributed by atoms with E-state index < -0.39 is 5.60 Å². The molecule has 84 valence electrons. The SMILES string of the molecule is CCCC(=O)C(C)(CCC(C)C)OC. The second kappa shape index (κ2) is 6.18. The van der Waals surface area contributed by atoms with Gasteiger partial charge in [0, 0.05) is 13.5 Å². The van der Waals surface area contributed by atoms with Crippen LogP contribution in [0, 0.1) is 5.92 Å². The van der Waals surface area contributed by atoms with Crippen LogP contribution in [0.2, 0.25) is 0 Å². The number of methoxy groups -OCH3 is 1. The van der Waals surface area contributed by atoms with Crippen molar-refractivity contribution in [2.24, 2.45) is 5.92 Å². The summed E-state index contributed by atoms with van der Waals surface area (Å²) in [6, 6.07) is 0. The minimum Gasteiger partial charge on any atom is -0.371 e. The van der Waals surface area contributed by atoms with Gasteiger partial charge in [0.2, 0.25) is 0 Å². The number of carbonyl (C=O) groups excluding carboxylic acids is 1. The summed E-state index contributed by atoms with van der Waals surface area (Å²) < 4.78 is 5.35. The largest absolute Gasteiger partial charge is 0.371 e. The predicted octanol–water partition coefficient (Wildman–Crippen LogP) is 3.20. The van der Waals surface area contributed by atoms with Crippen molar-refractivity contribution in [3.8, 4) is 0 Å². The van der Waals surface area contributed by atoms with Gasteiger partial charge in [-0.05, 0) is 32.1 Å². The summed E-state index contributed by atoms with van der Waals surface area (Å²) in [5.74, 6) is 0.863. The molecule has 0 bridgehead atoms. The first-order chi connectivity index (χ1) is 6.46. The Kier molecular flexibility index (Phi) is 6.01. The fraction of sp³-hybridized carbons (Fsp3) is 0.917. The highest BCUT2D eigenvalue weighted by molar-refractivity contribution is 5.86. The van der Waals surface area contributed by atoms with Gasteiger partial charge in [-0.1, -0.05) is 20.8 Å². The Hall–Kier alpha value is -0.370. The number of hydrogen-bond donors (Lipinski definition) is 0. The summed E-state index contributed by atoms with van der Waals surface area (Å²) in [5, 5.41) is 0. The molecule has 0 saturated heterocycles. The van der Waals surface area contributed by atoms with Crippen molar-refractivity contribution in [3.63, 3.8) is 0 Å². The monoisotopic (exact) mass is 200 g/mol. The predicted molar refractivity (Wildman–Crippen MR) is 59.4 cm³/mol. The molecule has 2 nitrogen and oxygen atoms in total. The first-order valence-electron chi connectivity index (χ1n) is 5.54. The average Bonchev–Trinajstić information content (AvgIpc) is 2.14. The van der Waals surface area contributed by atoms with Gasteiger partial charge in [-0.3, -0.25) is 4.79 Å². The van der Waals surface area contributed by atoms with Crippen molar-refractivity contribution in [1.29, 1.82) is 0 Å². The summed E-state index contributed by atoms with van der Waals surface area (Å²) >= 11 is 0. The van der Waals surface area contributed by atoms with Crippen LogP contribution in [0.3, 0.4) is 0 Å². The van der Waals surface area contributed by atoms with E-state index in [2.05, 4.69) is 13.8 Å². The van der Waals surface area contributed by atoms with E-state index in [9.17, 15) is 4.79 Å². The number of carbonyl (C=O) groups is 1. The van der Waals surface area contributed by atoms with Crippen LogP contribution in [0.4, 0.5) is 0 Å². The van der Waals surface area contributed by atoms with Gasteiger partial charge in [-0.25, -0.2) is 0 Å². The molecule has 0 N–H and O–H groups in total. The van der Waals surface area contributed by atoms with Crippen LogP contribution in [0.5, 0.6) is 0 Å². The summed E-state index contributed by atoms with van der Waals surface area (Å²) in [5.41, 5.74) is -0.555. The van der Waals surface area contributed by atoms with Crippen LogP contribution in [0.1, 0.15) is 53.4 Å². The van der Waals surface area contributed by atoms with Gasteiger partial charge in [-0.15, -0.1) is 0 Å². The van der Waals surface area contributed by atoms with E-state index >= 15 is 0 Å². The third-order valence-corrected chi connectivity index (χ3v) is 2.72. The number of hydrogen-bond acceptors (Lipinski definition) is 2. The molecule has 0 aromatic heterocycles. The topological polar surface area (TPSA) is 26.3 Å². The molecular weight excluding hydrogens is 176 g/mol. The maximum Gasteiger partial charge on any atom is 0.164 e. The van der Waals surface area contributed by atoms with Gasteiger partial charge in [0.25, 0.3) is 0 Å². The van der Waals surface area contributed by atoms with Crippen LogP contribution in [0.25, 0.3) is 0 Å². The molecule has 0 radical (unpaired) electrons. The summed E-state index contributed by atoms with van der Waals surface area (Å²) in [4.78, 5) is 11.8. The zero-order chi connectivity index (χ0) is 11.2. The first-order valence-corrected chi connectivity index (χ1v) is 5.54. The van der Waals surface area contributed by atoms with E-state index in [1.165, 1.54) is 0 Å². The summed E-state index contributed by atoms with van der Waals surface area (Å²) in [6.07, 6.45) is 3.40. The Morgan fingerprint density at radius 2 is 2.00 bits per heavy atom. The molecule has 1 atom stereocenters. The molecule has 0 aliphatic heterocycles. The van der Waals surface area contributed by atoms with Crippen LogP contribution in [0.15, 0.2) is 0 Å². The molecule has 2 heteroatoms. The molecule has 0 spiro atoms. The average molecular weight is 200 g/mol. The highest BCUT2D eigenvalue weighted by Gasteiger charge is 2.31. The normalized spacial score (nSPS) is 15.6. The maximum absolute atomic E-state index is 11.8. The second-order valence-corrected chi connectivity index (χ2v) is 4.54. The van der Waals surface area contributed by atoms with Crippen LogP contribution < -0.4 is 0 Å². The molecule has 0 aliphatic rings. The summed E-state index contributed by atoms with van der Waals surface area (Å²) in [6.45, 7) is 8.27. The van der Waals surface area contributed by atoms with E-state index in [0.717, 1.165) is 19.3 Å². The molecular formula is C12H24O2. The number of rotatable bonds is 7. The van der Waals surface area contributed by atoms with Crippen molar-refractivity contribution in [2.45, 2.75) is 59.0 Å². The molecule has 1 unspecified atom stereocenters. The fourth-order valence-electron chi connectivity index (χ4n) is 1.41. The van der Waals surface area contributed by atoms with Crippen molar-refractivity contribution < 1.29 is 9.53 Å². The minimum atomic E-state index is -0.555. The first kappa shape index (κ1) is 13.6. The lowest BCUT2D eigenvalue weighted by atomic mass is 9.89. The third kappa shape index (κ3) is 4.23. The zero-order valence-corrected chi connectivity index (χ0v) is 10.2. The maximum atomic E-state index is 11.8. The van der Waals surface area contributed by atoms with Crippen molar-refractivity contribution in [1.82, 2.24) is 0 Å². The Labute approximate surface area is 88.0 Å². The lowest BCUT2D eigenvalue weighted by Crippen LogP contribution is -2.37. The third-order valence-electron chi connectivity index (χ3n) is 2.72. The van der Waals surface area contributed by atoms with Crippen molar-refractivity contribution in [3.05, 3.63) is 0 Å². The standard InChI is InChI=1S/C12H24O2/c1-6-7-11(13)12(4,14-5)9-8-10(2)3/h10H,6-9H2,1-5H3. The molecule has 0 aliphatic carbocycles. The Bertz CT molecular complexity index is 175. The molecule has 0 fully saturated rings. The molecule has 0 heterocycles. The lowest BCUT2D eigenvalue weighted by molar-refractivity contribution is -0.140. The lowest BCUT2D eigenvalue weighted by Gasteiger charge is -2.27. The molecule has 0 saturated carbocycles.